The molecule has 1 rings (SSSR count). The minimum atomic E-state index is -0.0954. The van der Waals surface area contributed by atoms with Gasteiger partial charge in [0.2, 0.25) is 0 Å². The molecule has 0 saturated carbocycles. The molecule has 0 aromatic carbocycles. The molecule has 98 valence electrons. The van der Waals surface area contributed by atoms with Crippen LogP contribution in [-0.2, 0) is 4.79 Å². The predicted octanol–water partition coefficient (Wildman–Crippen LogP) is 4.79. The van der Waals surface area contributed by atoms with Crippen molar-refractivity contribution in [3.05, 3.63) is 59.8 Å². The molecule has 1 unspecified atom stereocenters. The van der Waals surface area contributed by atoms with E-state index >= 15 is 0 Å². The molecule has 0 fully saturated rings. The van der Waals surface area contributed by atoms with Gasteiger partial charge in [-0.25, -0.2) is 0 Å². The molecule has 0 heterocycles. The van der Waals surface area contributed by atoms with Crippen molar-refractivity contribution in [1.29, 1.82) is 0 Å². The molecular weight excluding hydrogens is 220 g/mol. The molecule has 0 aliphatic heterocycles. The number of ketones is 1. The highest BCUT2D eigenvalue weighted by Gasteiger charge is 2.25. The molecule has 1 nitrogen and oxygen atoms in total. The third kappa shape index (κ3) is 3.19. The highest BCUT2D eigenvalue weighted by Crippen LogP contribution is 2.31. The van der Waals surface area contributed by atoms with Crippen LogP contribution in [0.1, 0.15) is 35.0 Å². The fourth-order valence-electron chi connectivity index (χ4n) is 2.18. The highest BCUT2D eigenvalue weighted by atomic mass is 16.1. The maximum absolute atomic E-state index is 12.1. The first kappa shape index (κ1) is 14.4. The molecule has 18 heavy (non-hydrogen) atoms. The van der Waals surface area contributed by atoms with Crippen LogP contribution in [0.5, 0.6) is 0 Å². The van der Waals surface area contributed by atoms with Gasteiger partial charge in [0.15, 0.2) is 5.78 Å². The summed E-state index contributed by atoms with van der Waals surface area (Å²) in [5.41, 5.74) is 4.03. The minimum Gasteiger partial charge on any atom is -0.294 e. The van der Waals surface area contributed by atoms with E-state index < -0.39 is 0 Å². The molecule has 1 aliphatic rings. The summed E-state index contributed by atoms with van der Waals surface area (Å²) in [7, 11) is 0. The molecule has 0 spiro atoms. The standard InChI is InChI=1S/C17H22O.H2/c1-6-8-12(3)9-10-16-13(4)11-15(7-2)17(18)14(16)5;/h7-10,15H,2,4,6,11H2,1,3,5H3;1H/b10-9+,12-8+;. The van der Waals surface area contributed by atoms with Crippen molar-refractivity contribution >= 4 is 5.78 Å². The van der Waals surface area contributed by atoms with E-state index in [-0.39, 0.29) is 13.1 Å². The maximum atomic E-state index is 12.1. The van der Waals surface area contributed by atoms with E-state index in [9.17, 15) is 4.79 Å². The van der Waals surface area contributed by atoms with Crippen molar-refractivity contribution < 1.29 is 6.22 Å². The number of hydrogen-bond acceptors (Lipinski definition) is 1. The van der Waals surface area contributed by atoms with Crippen LogP contribution in [-0.4, -0.2) is 5.78 Å². The predicted molar refractivity (Wildman–Crippen MR) is 80.5 cm³/mol. The third-order valence-corrected chi connectivity index (χ3v) is 3.28. The fourth-order valence-corrected chi connectivity index (χ4v) is 2.18. The van der Waals surface area contributed by atoms with Gasteiger partial charge in [0.25, 0.3) is 0 Å². The van der Waals surface area contributed by atoms with Crippen LogP contribution in [0.25, 0.3) is 0 Å². The van der Waals surface area contributed by atoms with Crippen LogP contribution in [0.3, 0.4) is 0 Å². The second-order valence-electron chi connectivity index (χ2n) is 4.74. The third-order valence-electron chi connectivity index (χ3n) is 3.28. The summed E-state index contributed by atoms with van der Waals surface area (Å²) in [6, 6.07) is 0. The number of hydrogen-bond donors (Lipinski definition) is 0. The van der Waals surface area contributed by atoms with Gasteiger partial charge in [-0.1, -0.05) is 43.4 Å². The van der Waals surface area contributed by atoms with Gasteiger partial charge in [0.05, 0.1) is 0 Å². The van der Waals surface area contributed by atoms with Crippen molar-refractivity contribution in [3.63, 3.8) is 0 Å². The molecule has 0 aromatic rings. The lowest BCUT2D eigenvalue weighted by atomic mass is 9.80. The van der Waals surface area contributed by atoms with Gasteiger partial charge < -0.3 is 0 Å². The zero-order chi connectivity index (χ0) is 13.7. The summed E-state index contributed by atoms with van der Waals surface area (Å²) in [6.07, 6.45) is 9.65. The van der Waals surface area contributed by atoms with E-state index in [4.69, 9.17) is 0 Å². The van der Waals surface area contributed by atoms with E-state index in [1.165, 1.54) is 5.57 Å². The van der Waals surface area contributed by atoms with Crippen molar-refractivity contribution in [1.82, 2.24) is 0 Å². The molecule has 0 bridgehead atoms. The van der Waals surface area contributed by atoms with E-state index in [0.29, 0.717) is 6.42 Å². The molecule has 1 atom stereocenters. The average Bonchev–Trinajstić information content (AvgIpc) is 2.34. The van der Waals surface area contributed by atoms with Crippen molar-refractivity contribution in [3.8, 4) is 0 Å². The summed E-state index contributed by atoms with van der Waals surface area (Å²) in [5.74, 6) is 0.0797. The van der Waals surface area contributed by atoms with Gasteiger partial charge in [-0.05, 0) is 37.8 Å². The summed E-state index contributed by atoms with van der Waals surface area (Å²) >= 11 is 0. The second-order valence-corrected chi connectivity index (χ2v) is 4.74. The molecule has 0 N–H and O–H groups in total. The highest BCUT2D eigenvalue weighted by molar-refractivity contribution is 6.01. The largest absolute Gasteiger partial charge is 0.294 e. The molecule has 0 aromatic heterocycles. The van der Waals surface area contributed by atoms with Crippen LogP contribution in [0.15, 0.2) is 59.8 Å². The lowest BCUT2D eigenvalue weighted by Crippen LogP contribution is -2.20. The number of carbonyl (C=O) groups excluding carboxylic acids is 1. The number of allylic oxidation sites excluding steroid dienone is 8. The Morgan fingerprint density at radius 1 is 1.56 bits per heavy atom. The Labute approximate surface area is 112 Å². The lowest BCUT2D eigenvalue weighted by Gasteiger charge is -2.22. The topological polar surface area (TPSA) is 17.1 Å². The van der Waals surface area contributed by atoms with Gasteiger partial charge in [0, 0.05) is 12.9 Å². The zero-order valence-corrected chi connectivity index (χ0v) is 11.6. The van der Waals surface area contributed by atoms with Gasteiger partial charge in [-0.3, -0.25) is 4.79 Å². The molecule has 1 heteroatoms. The van der Waals surface area contributed by atoms with Gasteiger partial charge >= 0.3 is 0 Å². The Bertz CT molecular complexity index is 464. The quantitative estimate of drug-likeness (QED) is 0.513. The Hall–Kier alpha value is -1.63. The Balaban J connectivity index is 0.00000324. The van der Waals surface area contributed by atoms with Crippen LogP contribution in [0, 0.1) is 5.92 Å². The number of Topliss-reactive ketones (excluding diaryl/α,β-unsaturated/α-hetero) is 1. The summed E-state index contributed by atoms with van der Waals surface area (Å²) < 4.78 is 0. The van der Waals surface area contributed by atoms with Crippen molar-refractivity contribution in [2.45, 2.75) is 33.6 Å². The Kier molecular flexibility index (Phi) is 5.08. The summed E-state index contributed by atoms with van der Waals surface area (Å²) in [4.78, 5) is 12.1. The normalized spacial score (nSPS) is 21.9. The summed E-state index contributed by atoms with van der Waals surface area (Å²) in [5, 5.41) is 0. The Morgan fingerprint density at radius 3 is 2.78 bits per heavy atom. The first-order chi connectivity index (χ1) is 8.51. The van der Waals surface area contributed by atoms with Crippen LogP contribution < -0.4 is 0 Å². The molecule has 0 saturated heterocycles. The van der Waals surface area contributed by atoms with Crippen LogP contribution in [0.2, 0.25) is 0 Å². The minimum absolute atomic E-state index is 0. The molecular formula is C17H24O. The van der Waals surface area contributed by atoms with Gasteiger partial charge in [-0.2, -0.15) is 0 Å². The van der Waals surface area contributed by atoms with E-state index in [0.717, 1.165) is 23.1 Å². The van der Waals surface area contributed by atoms with Crippen LogP contribution >= 0.6 is 0 Å². The number of rotatable bonds is 4. The lowest BCUT2D eigenvalue weighted by molar-refractivity contribution is -0.118. The van der Waals surface area contributed by atoms with Gasteiger partial charge in [0.1, 0.15) is 0 Å². The second kappa shape index (κ2) is 6.34. The molecule has 1 aliphatic carbocycles. The average molecular weight is 244 g/mol. The molecule has 0 radical (unpaired) electrons. The fraction of sp³-hybridized carbons (Fsp3) is 0.353. The zero-order valence-electron chi connectivity index (χ0n) is 11.6. The maximum Gasteiger partial charge on any atom is 0.166 e. The first-order valence-corrected chi connectivity index (χ1v) is 6.41. The van der Waals surface area contributed by atoms with Crippen molar-refractivity contribution in [2.24, 2.45) is 5.92 Å². The van der Waals surface area contributed by atoms with Gasteiger partial charge in [-0.15, -0.1) is 6.58 Å². The van der Waals surface area contributed by atoms with Crippen LogP contribution in [0.4, 0.5) is 0 Å². The van der Waals surface area contributed by atoms with Crippen molar-refractivity contribution in [2.75, 3.05) is 0 Å². The Morgan fingerprint density at radius 2 is 2.22 bits per heavy atom. The summed E-state index contributed by atoms with van der Waals surface area (Å²) in [6.45, 7) is 13.8. The monoisotopic (exact) mass is 244 g/mol. The first-order valence-electron chi connectivity index (χ1n) is 6.41. The number of carbonyl (C=O) groups is 1. The van der Waals surface area contributed by atoms with E-state index in [1.807, 2.05) is 13.0 Å². The smallest absolute Gasteiger partial charge is 0.166 e. The SMILES string of the molecule is C=CC1CC(=C)C(/C=C/C(C)=C/CC)=C(C)C1=O.[HH]. The van der Waals surface area contributed by atoms with E-state index in [2.05, 4.69) is 39.2 Å². The molecule has 0 amide bonds. The van der Waals surface area contributed by atoms with E-state index in [1.54, 1.807) is 6.08 Å².